The van der Waals surface area contributed by atoms with Gasteiger partial charge >= 0.3 is 5.97 Å². The molecule has 0 aliphatic heterocycles. The van der Waals surface area contributed by atoms with Crippen LogP contribution in [0.3, 0.4) is 0 Å². The van der Waals surface area contributed by atoms with Crippen molar-refractivity contribution in [1.29, 1.82) is 0 Å². The van der Waals surface area contributed by atoms with Crippen LogP contribution in [0, 0.1) is 6.92 Å². The Bertz CT molecular complexity index is 340. The van der Waals surface area contributed by atoms with Crippen molar-refractivity contribution < 1.29 is 9.53 Å². The highest BCUT2D eigenvalue weighted by molar-refractivity contribution is 5.91. The Morgan fingerprint density at radius 1 is 1.36 bits per heavy atom. The van der Waals surface area contributed by atoms with Crippen molar-refractivity contribution in [2.24, 2.45) is 0 Å². The first-order valence-electron chi connectivity index (χ1n) is 4.75. The van der Waals surface area contributed by atoms with Crippen molar-refractivity contribution in [2.45, 2.75) is 26.7 Å². The minimum absolute atomic E-state index is 0.259. The molecule has 2 nitrogen and oxygen atoms in total. The molecule has 0 aliphatic rings. The molecule has 76 valence electrons. The summed E-state index contributed by atoms with van der Waals surface area (Å²) in [7, 11) is 1.41. The van der Waals surface area contributed by atoms with E-state index in [1.807, 2.05) is 25.1 Å². The van der Waals surface area contributed by atoms with E-state index in [-0.39, 0.29) is 5.97 Å². The highest BCUT2D eigenvalue weighted by Crippen LogP contribution is 2.18. The summed E-state index contributed by atoms with van der Waals surface area (Å²) in [5.74, 6) is 0.170. The SMILES string of the molecule is COC(=O)c1cc(C(C)C)ccc1C. The van der Waals surface area contributed by atoms with E-state index < -0.39 is 0 Å². The number of aryl methyl sites for hydroxylation is 1. The molecule has 0 bridgehead atoms. The Labute approximate surface area is 84.9 Å². The number of methoxy groups -OCH3 is 1. The third kappa shape index (κ3) is 2.13. The number of benzene rings is 1. The summed E-state index contributed by atoms with van der Waals surface area (Å²) >= 11 is 0. The maximum atomic E-state index is 11.4. The lowest BCUT2D eigenvalue weighted by Crippen LogP contribution is -2.05. The standard InChI is InChI=1S/C12H16O2/c1-8(2)10-6-5-9(3)11(7-10)12(13)14-4/h5-8H,1-4H3. The number of hydrogen-bond acceptors (Lipinski definition) is 2. The first-order valence-corrected chi connectivity index (χ1v) is 4.75. The van der Waals surface area contributed by atoms with Gasteiger partial charge in [-0.05, 0) is 30.0 Å². The van der Waals surface area contributed by atoms with Gasteiger partial charge in [0, 0.05) is 0 Å². The zero-order chi connectivity index (χ0) is 10.7. The second-order valence-electron chi connectivity index (χ2n) is 3.72. The smallest absolute Gasteiger partial charge is 0.338 e. The monoisotopic (exact) mass is 192 g/mol. The molecule has 14 heavy (non-hydrogen) atoms. The van der Waals surface area contributed by atoms with E-state index >= 15 is 0 Å². The Morgan fingerprint density at radius 2 is 2.00 bits per heavy atom. The van der Waals surface area contributed by atoms with E-state index in [0.717, 1.165) is 11.1 Å². The van der Waals surface area contributed by atoms with E-state index in [9.17, 15) is 4.79 Å². The van der Waals surface area contributed by atoms with Crippen molar-refractivity contribution in [3.05, 3.63) is 34.9 Å². The number of rotatable bonds is 2. The van der Waals surface area contributed by atoms with Crippen molar-refractivity contribution >= 4 is 5.97 Å². The highest BCUT2D eigenvalue weighted by atomic mass is 16.5. The minimum Gasteiger partial charge on any atom is -0.465 e. The third-order valence-corrected chi connectivity index (χ3v) is 2.33. The first-order chi connectivity index (χ1) is 6.56. The average molecular weight is 192 g/mol. The van der Waals surface area contributed by atoms with E-state index in [4.69, 9.17) is 4.74 Å². The van der Waals surface area contributed by atoms with Crippen LogP contribution in [0.25, 0.3) is 0 Å². The van der Waals surface area contributed by atoms with Gasteiger partial charge in [0.15, 0.2) is 0 Å². The quantitative estimate of drug-likeness (QED) is 0.673. The largest absolute Gasteiger partial charge is 0.465 e. The number of esters is 1. The number of ether oxygens (including phenoxy) is 1. The Balaban J connectivity index is 3.15. The second kappa shape index (κ2) is 4.27. The summed E-state index contributed by atoms with van der Waals surface area (Å²) in [6.07, 6.45) is 0. The van der Waals surface area contributed by atoms with Crippen LogP contribution >= 0.6 is 0 Å². The molecule has 0 amide bonds. The highest BCUT2D eigenvalue weighted by Gasteiger charge is 2.10. The molecule has 0 N–H and O–H groups in total. The van der Waals surface area contributed by atoms with Gasteiger partial charge < -0.3 is 4.74 Å². The maximum Gasteiger partial charge on any atom is 0.338 e. The molecule has 1 rings (SSSR count). The van der Waals surface area contributed by atoms with Crippen molar-refractivity contribution in [1.82, 2.24) is 0 Å². The first kappa shape index (κ1) is 10.8. The molecule has 1 aromatic carbocycles. The number of carbonyl (C=O) groups excluding carboxylic acids is 1. The Kier molecular flexibility index (Phi) is 3.28. The predicted octanol–water partition coefficient (Wildman–Crippen LogP) is 2.91. The predicted molar refractivity (Wildman–Crippen MR) is 56.6 cm³/mol. The number of hydrogen-bond donors (Lipinski definition) is 0. The van der Waals surface area contributed by atoms with Crippen molar-refractivity contribution in [2.75, 3.05) is 7.11 Å². The minimum atomic E-state index is -0.259. The van der Waals surface area contributed by atoms with Crippen LogP contribution in [0.1, 0.15) is 41.3 Å². The summed E-state index contributed by atoms with van der Waals surface area (Å²) < 4.78 is 4.71. The van der Waals surface area contributed by atoms with Crippen LogP contribution in [0.2, 0.25) is 0 Å². The van der Waals surface area contributed by atoms with Crippen molar-refractivity contribution in [3.63, 3.8) is 0 Å². The van der Waals surface area contributed by atoms with E-state index in [2.05, 4.69) is 13.8 Å². The van der Waals surface area contributed by atoms with Gasteiger partial charge in [0.2, 0.25) is 0 Å². The van der Waals surface area contributed by atoms with Gasteiger partial charge in [-0.15, -0.1) is 0 Å². The molecule has 0 radical (unpaired) electrons. The molecule has 0 fully saturated rings. The van der Waals surface area contributed by atoms with E-state index in [1.165, 1.54) is 7.11 Å². The van der Waals surface area contributed by atoms with Crippen molar-refractivity contribution in [3.8, 4) is 0 Å². The number of carbonyl (C=O) groups is 1. The average Bonchev–Trinajstić information content (AvgIpc) is 2.17. The third-order valence-electron chi connectivity index (χ3n) is 2.33. The second-order valence-corrected chi connectivity index (χ2v) is 3.72. The fraction of sp³-hybridized carbons (Fsp3) is 0.417. The zero-order valence-corrected chi connectivity index (χ0v) is 9.13. The molecule has 2 heteroatoms. The molecule has 0 aromatic heterocycles. The summed E-state index contributed by atoms with van der Waals surface area (Å²) in [4.78, 5) is 11.4. The molecule has 0 heterocycles. The van der Waals surface area contributed by atoms with E-state index in [1.54, 1.807) is 0 Å². The fourth-order valence-corrected chi connectivity index (χ4v) is 1.33. The van der Waals surface area contributed by atoms with Gasteiger partial charge in [-0.1, -0.05) is 26.0 Å². The Morgan fingerprint density at radius 3 is 2.50 bits per heavy atom. The lowest BCUT2D eigenvalue weighted by atomic mass is 9.98. The molecule has 1 aromatic rings. The molecule has 0 atom stereocenters. The topological polar surface area (TPSA) is 26.3 Å². The van der Waals surface area contributed by atoms with Crippen LogP contribution in [-0.2, 0) is 4.74 Å². The lowest BCUT2D eigenvalue weighted by molar-refractivity contribution is 0.0600. The summed E-state index contributed by atoms with van der Waals surface area (Å²) in [6, 6.07) is 5.92. The zero-order valence-electron chi connectivity index (χ0n) is 9.13. The van der Waals surface area contributed by atoms with Gasteiger partial charge in [0.05, 0.1) is 12.7 Å². The van der Waals surface area contributed by atoms with E-state index in [0.29, 0.717) is 11.5 Å². The lowest BCUT2D eigenvalue weighted by Gasteiger charge is -2.09. The summed E-state index contributed by atoms with van der Waals surface area (Å²) in [5.41, 5.74) is 2.79. The van der Waals surface area contributed by atoms with Crippen LogP contribution in [0.15, 0.2) is 18.2 Å². The molecule has 0 saturated carbocycles. The molecule has 0 aliphatic carbocycles. The maximum absolute atomic E-state index is 11.4. The van der Waals surface area contributed by atoms with Gasteiger partial charge in [-0.2, -0.15) is 0 Å². The van der Waals surface area contributed by atoms with Gasteiger partial charge in [-0.3, -0.25) is 0 Å². The fourth-order valence-electron chi connectivity index (χ4n) is 1.33. The Hall–Kier alpha value is -1.31. The van der Waals surface area contributed by atoms with Crippen LogP contribution in [0.4, 0.5) is 0 Å². The normalized spacial score (nSPS) is 10.4. The van der Waals surface area contributed by atoms with Crippen LogP contribution in [0.5, 0.6) is 0 Å². The van der Waals surface area contributed by atoms with Gasteiger partial charge in [0.1, 0.15) is 0 Å². The van der Waals surface area contributed by atoms with Crippen LogP contribution < -0.4 is 0 Å². The molecule has 0 saturated heterocycles. The summed E-state index contributed by atoms with van der Waals surface area (Å²) in [6.45, 7) is 6.12. The van der Waals surface area contributed by atoms with Gasteiger partial charge in [-0.25, -0.2) is 4.79 Å². The molecule has 0 spiro atoms. The molecule has 0 unspecified atom stereocenters. The molecular weight excluding hydrogens is 176 g/mol. The van der Waals surface area contributed by atoms with Crippen LogP contribution in [-0.4, -0.2) is 13.1 Å². The van der Waals surface area contributed by atoms with Gasteiger partial charge in [0.25, 0.3) is 0 Å². The molecular formula is C12H16O2. The summed E-state index contributed by atoms with van der Waals surface area (Å²) in [5, 5.41) is 0.